The van der Waals surface area contributed by atoms with Crippen molar-refractivity contribution in [3.05, 3.63) is 58.7 Å². The molecule has 0 heterocycles. The number of aliphatic carboxylic acids is 2. The molecule has 7 aliphatic carbocycles. The third-order valence-corrected chi connectivity index (χ3v) is 15.6. The van der Waals surface area contributed by atoms with E-state index in [9.17, 15) is 19.8 Å². The molecule has 5 nitrogen and oxygen atoms in total. The zero-order chi connectivity index (χ0) is 32.5. The number of carboxylic acids is 2. The number of benzene rings is 1. The number of carbonyl (C=O) groups is 3. The summed E-state index contributed by atoms with van der Waals surface area (Å²) in [7, 11) is 0. The lowest BCUT2D eigenvalue weighted by molar-refractivity contribution is -0.173. The number of rotatable bonds is 4. The number of hydrogen-bond donors (Lipinski definition) is 2. The van der Waals surface area contributed by atoms with E-state index in [1.807, 2.05) is 13.8 Å². The number of ketones is 1. The van der Waals surface area contributed by atoms with E-state index in [4.69, 9.17) is 0 Å². The summed E-state index contributed by atoms with van der Waals surface area (Å²) in [5.74, 6) is -1.20. The second-order valence-electron chi connectivity index (χ2n) is 17.4. The van der Waals surface area contributed by atoms with Crippen LogP contribution in [0.2, 0.25) is 0 Å². The molecule has 10 unspecified atom stereocenters. The van der Waals surface area contributed by atoms with Gasteiger partial charge in [-0.15, -0.1) is 0 Å². The van der Waals surface area contributed by atoms with Crippen LogP contribution in [0.3, 0.4) is 0 Å². The largest absolute Gasteiger partial charge is 0.481 e. The highest BCUT2D eigenvalue weighted by Crippen LogP contribution is 2.75. The van der Waals surface area contributed by atoms with Crippen LogP contribution in [0.25, 0.3) is 0 Å². The number of aryl methyl sites for hydroxylation is 1. The minimum atomic E-state index is -0.799. The molecule has 1 spiro atoms. The van der Waals surface area contributed by atoms with Gasteiger partial charge >= 0.3 is 11.9 Å². The highest BCUT2D eigenvalue weighted by molar-refractivity contribution is 5.95. The van der Waals surface area contributed by atoms with E-state index in [0.29, 0.717) is 12.2 Å². The molecule has 2 bridgehead atoms. The van der Waals surface area contributed by atoms with Crippen molar-refractivity contribution in [2.75, 3.05) is 0 Å². The normalized spacial score (nSPS) is 46.6. The van der Waals surface area contributed by atoms with Crippen LogP contribution in [0.4, 0.5) is 0 Å². The maximum absolute atomic E-state index is 15.2. The molecule has 4 fully saturated rings. The van der Waals surface area contributed by atoms with Crippen molar-refractivity contribution < 1.29 is 24.6 Å². The molecule has 45 heavy (non-hydrogen) atoms. The second kappa shape index (κ2) is 9.44. The van der Waals surface area contributed by atoms with E-state index in [2.05, 4.69) is 58.5 Å². The summed E-state index contributed by atoms with van der Waals surface area (Å²) >= 11 is 0. The predicted octanol–water partition coefficient (Wildman–Crippen LogP) is 8.44. The fourth-order valence-corrected chi connectivity index (χ4v) is 13.2. The highest BCUT2D eigenvalue weighted by atomic mass is 16.4. The average molecular weight is 613 g/mol. The summed E-state index contributed by atoms with van der Waals surface area (Å²) in [5.41, 5.74) is 3.17. The zero-order valence-corrected chi connectivity index (χ0v) is 28.2. The van der Waals surface area contributed by atoms with Crippen molar-refractivity contribution in [2.45, 2.75) is 123 Å². The summed E-state index contributed by atoms with van der Waals surface area (Å²) in [4.78, 5) is 40.4. The van der Waals surface area contributed by atoms with Crippen LogP contribution in [0.5, 0.6) is 0 Å². The Labute approximate surface area is 268 Å². The van der Waals surface area contributed by atoms with E-state index >= 15 is 4.79 Å². The van der Waals surface area contributed by atoms with Crippen molar-refractivity contribution >= 4 is 17.7 Å². The molecule has 5 heteroatoms. The van der Waals surface area contributed by atoms with Crippen molar-refractivity contribution in [2.24, 2.45) is 45.3 Å². The molecule has 0 saturated heterocycles. The summed E-state index contributed by atoms with van der Waals surface area (Å²) in [5, 5.41) is 20.7. The fourth-order valence-electron chi connectivity index (χ4n) is 13.2. The van der Waals surface area contributed by atoms with Crippen LogP contribution in [0, 0.1) is 45.3 Å². The first kappa shape index (κ1) is 30.9. The van der Waals surface area contributed by atoms with E-state index in [1.54, 1.807) is 0 Å². The zero-order valence-electron chi connectivity index (χ0n) is 28.2. The lowest BCUT2D eigenvalue weighted by Gasteiger charge is -2.63. The molecule has 242 valence electrons. The first-order chi connectivity index (χ1) is 21.0. The van der Waals surface area contributed by atoms with Gasteiger partial charge in [0.2, 0.25) is 0 Å². The molecule has 0 amide bonds. The minimum absolute atomic E-state index is 0.0124. The summed E-state index contributed by atoms with van der Waals surface area (Å²) in [6.07, 6.45) is 11.5. The van der Waals surface area contributed by atoms with Gasteiger partial charge in [0.25, 0.3) is 0 Å². The Morgan fingerprint density at radius 1 is 0.844 bits per heavy atom. The van der Waals surface area contributed by atoms with Gasteiger partial charge in [-0.1, -0.05) is 70.0 Å². The number of fused-ring (bicyclic) bond motifs is 5. The van der Waals surface area contributed by atoms with Crippen LogP contribution in [0.15, 0.2) is 42.0 Å². The molecule has 1 aromatic carbocycles. The Morgan fingerprint density at radius 2 is 1.49 bits per heavy atom. The van der Waals surface area contributed by atoms with Gasteiger partial charge in [0.05, 0.1) is 10.8 Å². The Kier molecular flexibility index (Phi) is 6.49. The number of hydrogen-bond acceptors (Lipinski definition) is 3. The Bertz CT molecular complexity index is 1570. The molecular weight excluding hydrogens is 560 g/mol. The average Bonchev–Trinajstić information content (AvgIpc) is 3.29. The lowest BCUT2D eigenvalue weighted by atomic mass is 9.38. The maximum atomic E-state index is 15.2. The van der Waals surface area contributed by atoms with Gasteiger partial charge in [0, 0.05) is 16.7 Å². The fraction of sp³-hybridized carbons (Fsp3) is 0.675. The van der Waals surface area contributed by atoms with E-state index in [1.165, 1.54) is 22.3 Å². The van der Waals surface area contributed by atoms with Crippen LogP contribution in [-0.2, 0) is 31.6 Å². The van der Waals surface area contributed by atoms with Gasteiger partial charge in [-0.05, 0) is 129 Å². The molecule has 10 atom stereocenters. The summed E-state index contributed by atoms with van der Waals surface area (Å²) in [6, 6.07) is 6.92. The van der Waals surface area contributed by atoms with E-state index in [0.717, 1.165) is 69.8 Å². The van der Waals surface area contributed by atoms with E-state index < -0.39 is 28.2 Å². The predicted molar refractivity (Wildman–Crippen MR) is 175 cm³/mol. The lowest BCUT2D eigenvalue weighted by Crippen LogP contribution is -2.64. The van der Waals surface area contributed by atoms with Gasteiger partial charge in [0.1, 0.15) is 5.78 Å². The number of Topliss-reactive ketones (excluding diaryl/α,β-unsaturated/α-hetero) is 1. The van der Waals surface area contributed by atoms with Gasteiger partial charge in [-0.3, -0.25) is 14.4 Å². The van der Waals surface area contributed by atoms with Gasteiger partial charge in [-0.25, -0.2) is 0 Å². The van der Waals surface area contributed by atoms with Gasteiger partial charge in [-0.2, -0.15) is 0 Å². The number of carbonyl (C=O) groups excluding carboxylic acids is 1. The van der Waals surface area contributed by atoms with Crippen LogP contribution >= 0.6 is 0 Å². The van der Waals surface area contributed by atoms with Crippen LogP contribution in [0.1, 0.15) is 122 Å². The Balaban J connectivity index is 1.30. The molecule has 8 rings (SSSR count). The topological polar surface area (TPSA) is 91.7 Å². The first-order valence-electron chi connectivity index (χ1n) is 17.5. The number of allylic oxidation sites excluding steroid dienone is 3. The van der Waals surface area contributed by atoms with Gasteiger partial charge in [0.15, 0.2) is 0 Å². The molecule has 7 aliphatic rings. The standard InChI is InChI=1S/C40H52O5/c1-23(2)26-21-28-32(41)40(19-14-31-37(5,34(44)45)17-9-18-39(31,40)7)29(26)22-38(28,6)25-11-12-27-24(20-25)10-13-30-35(27,3)15-8-16-36(30,4)33(42)43/h11-12,20-21,28-31H,1,8-10,13-19,22H2,2-7H3,(H,42,43)(H,44,45). The monoisotopic (exact) mass is 612 g/mol. The first-order valence-corrected chi connectivity index (χ1v) is 17.5. The van der Waals surface area contributed by atoms with Crippen molar-refractivity contribution in [1.82, 2.24) is 0 Å². The Hall–Kier alpha value is -2.69. The summed E-state index contributed by atoms with van der Waals surface area (Å²) in [6.45, 7) is 17.2. The molecule has 0 aromatic heterocycles. The van der Waals surface area contributed by atoms with Crippen molar-refractivity contribution in [3.63, 3.8) is 0 Å². The molecule has 1 aromatic rings. The SMILES string of the molecule is C=C(C)C1=CC2C(=O)C3(CCC4C(C)(C(=O)O)CCCC43C)C1CC2(C)c1ccc2c(c1)CCC1C(C)(C(=O)O)CCCC21C. The quantitative estimate of drug-likeness (QED) is 0.356. The molecular formula is C40H52O5. The van der Waals surface area contributed by atoms with Crippen LogP contribution in [-0.4, -0.2) is 27.9 Å². The molecule has 4 saturated carbocycles. The molecule has 0 radical (unpaired) electrons. The third-order valence-electron chi connectivity index (χ3n) is 15.6. The summed E-state index contributed by atoms with van der Waals surface area (Å²) < 4.78 is 0. The highest BCUT2D eigenvalue weighted by Gasteiger charge is 2.74. The molecule has 0 aliphatic heterocycles. The van der Waals surface area contributed by atoms with E-state index in [-0.39, 0.29) is 39.9 Å². The van der Waals surface area contributed by atoms with Gasteiger partial charge < -0.3 is 10.2 Å². The van der Waals surface area contributed by atoms with Crippen molar-refractivity contribution in [1.29, 1.82) is 0 Å². The third kappa shape index (κ3) is 3.59. The number of carboxylic acid groups (broad SMARTS) is 2. The second-order valence-corrected chi connectivity index (χ2v) is 17.4. The van der Waals surface area contributed by atoms with Crippen molar-refractivity contribution in [3.8, 4) is 0 Å². The maximum Gasteiger partial charge on any atom is 0.309 e. The Morgan fingerprint density at radius 3 is 2.13 bits per heavy atom. The smallest absolute Gasteiger partial charge is 0.309 e. The van der Waals surface area contributed by atoms with Crippen LogP contribution < -0.4 is 0 Å². The minimum Gasteiger partial charge on any atom is -0.481 e. The molecule has 2 N–H and O–H groups in total.